The standard InChI is InChI=1S/C19H21NO3S/c1-3-17(24-16-7-5-4-6-8-16)18(21)20-15-11-9-14(10-12-15)13(2)19(22)23/h4-13,17H,3H2,1-2H3,(H,20,21)(H,22,23). The molecule has 5 heteroatoms. The van der Waals surface area contributed by atoms with Crippen LogP contribution in [-0.4, -0.2) is 22.2 Å². The molecule has 0 aliphatic carbocycles. The van der Waals surface area contributed by atoms with Crippen LogP contribution < -0.4 is 5.32 Å². The summed E-state index contributed by atoms with van der Waals surface area (Å²) in [6, 6.07) is 16.8. The summed E-state index contributed by atoms with van der Waals surface area (Å²) in [5.74, 6) is -1.48. The molecule has 0 spiro atoms. The molecule has 0 fully saturated rings. The molecule has 2 N–H and O–H groups in total. The molecule has 0 saturated heterocycles. The van der Waals surface area contributed by atoms with E-state index in [0.29, 0.717) is 11.3 Å². The summed E-state index contributed by atoms with van der Waals surface area (Å²) in [6.45, 7) is 3.62. The average Bonchev–Trinajstić information content (AvgIpc) is 2.60. The van der Waals surface area contributed by atoms with Gasteiger partial charge in [0.05, 0.1) is 11.2 Å². The first-order valence-corrected chi connectivity index (χ1v) is 8.74. The number of rotatable bonds is 7. The minimum atomic E-state index is -0.864. The van der Waals surface area contributed by atoms with Gasteiger partial charge in [0.1, 0.15) is 0 Å². The van der Waals surface area contributed by atoms with Gasteiger partial charge in [-0.3, -0.25) is 9.59 Å². The van der Waals surface area contributed by atoms with Gasteiger partial charge in [0.2, 0.25) is 5.91 Å². The smallest absolute Gasteiger partial charge is 0.310 e. The van der Waals surface area contributed by atoms with Crippen LogP contribution in [0.15, 0.2) is 59.5 Å². The lowest BCUT2D eigenvalue weighted by atomic mass is 10.0. The van der Waals surface area contributed by atoms with E-state index in [0.717, 1.165) is 11.3 Å². The van der Waals surface area contributed by atoms with Gasteiger partial charge in [-0.2, -0.15) is 0 Å². The highest BCUT2D eigenvalue weighted by Crippen LogP contribution is 2.26. The lowest BCUT2D eigenvalue weighted by Gasteiger charge is -2.15. The number of carbonyl (C=O) groups excluding carboxylic acids is 1. The zero-order valence-corrected chi connectivity index (χ0v) is 14.5. The van der Waals surface area contributed by atoms with Crippen LogP contribution in [0.5, 0.6) is 0 Å². The van der Waals surface area contributed by atoms with Gasteiger partial charge in [-0.15, -0.1) is 11.8 Å². The number of hydrogen-bond acceptors (Lipinski definition) is 3. The van der Waals surface area contributed by atoms with Crippen molar-refractivity contribution < 1.29 is 14.7 Å². The third kappa shape index (κ3) is 4.86. The van der Waals surface area contributed by atoms with E-state index in [4.69, 9.17) is 5.11 Å². The van der Waals surface area contributed by atoms with Crippen LogP contribution >= 0.6 is 11.8 Å². The molecule has 2 rings (SSSR count). The molecule has 0 aromatic heterocycles. The molecule has 0 saturated carbocycles. The predicted molar refractivity (Wildman–Crippen MR) is 97.5 cm³/mol. The van der Waals surface area contributed by atoms with Crippen LogP contribution in [0.2, 0.25) is 0 Å². The number of aliphatic carboxylic acids is 1. The summed E-state index contributed by atoms with van der Waals surface area (Å²) >= 11 is 1.54. The van der Waals surface area contributed by atoms with E-state index in [9.17, 15) is 9.59 Å². The highest BCUT2D eigenvalue weighted by Gasteiger charge is 2.18. The molecule has 4 nitrogen and oxygen atoms in total. The quantitative estimate of drug-likeness (QED) is 0.732. The Hall–Kier alpha value is -2.27. The van der Waals surface area contributed by atoms with Gasteiger partial charge in [0.25, 0.3) is 0 Å². The van der Waals surface area contributed by atoms with Crippen LogP contribution in [0.4, 0.5) is 5.69 Å². The van der Waals surface area contributed by atoms with Gasteiger partial charge in [0, 0.05) is 10.6 Å². The summed E-state index contributed by atoms with van der Waals surface area (Å²) in [6.07, 6.45) is 0.722. The van der Waals surface area contributed by atoms with Crippen molar-refractivity contribution in [2.24, 2.45) is 0 Å². The monoisotopic (exact) mass is 343 g/mol. The van der Waals surface area contributed by atoms with Crippen molar-refractivity contribution in [2.75, 3.05) is 5.32 Å². The Balaban J connectivity index is 2.01. The number of nitrogens with one attached hydrogen (secondary N) is 1. The Morgan fingerprint density at radius 1 is 1.08 bits per heavy atom. The van der Waals surface area contributed by atoms with Crippen LogP contribution in [0.1, 0.15) is 31.7 Å². The second-order valence-corrected chi connectivity index (χ2v) is 6.78. The third-order valence-corrected chi connectivity index (χ3v) is 5.11. The average molecular weight is 343 g/mol. The summed E-state index contributed by atoms with van der Waals surface area (Å²) in [7, 11) is 0. The number of anilines is 1. The van der Waals surface area contributed by atoms with Crippen molar-refractivity contribution in [2.45, 2.75) is 36.3 Å². The third-order valence-electron chi connectivity index (χ3n) is 3.73. The molecule has 2 unspecified atom stereocenters. The second kappa shape index (κ2) is 8.55. The first-order valence-electron chi connectivity index (χ1n) is 7.86. The fraction of sp³-hybridized carbons (Fsp3) is 0.263. The van der Waals surface area contributed by atoms with Crippen LogP contribution in [0.3, 0.4) is 0 Å². The zero-order valence-electron chi connectivity index (χ0n) is 13.7. The van der Waals surface area contributed by atoms with Crippen molar-refractivity contribution in [3.05, 3.63) is 60.2 Å². The summed E-state index contributed by atoms with van der Waals surface area (Å²) in [4.78, 5) is 24.5. The van der Waals surface area contributed by atoms with E-state index in [1.807, 2.05) is 37.3 Å². The maximum absolute atomic E-state index is 12.4. The number of carbonyl (C=O) groups is 2. The zero-order chi connectivity index (χ0) is 17.5. The molecule has 1 amide bonds. The van der Waals surface area contributed by atoms with Crippen LogP contribution in [-0.2, 0) is 9.59 Å². The Morgan fingerprint density at radius 2 is 1.71 bits per heavy atom. The summed E-state index contributed by atoms with van der Waals surface area (Å²) in [5, 5.41) is 11.7. The number of thioether (sulfide) groups is 1. The number of hydrogen-bond donors (Lipinski definition) is 2. The topological polar surface area (TPSA) is 66.4 Å². The number of amides is 1. The van der Waals surface area contributed by atoms with Gasteiger partial charge < -0.3 is 10.4 Å². The fourth-order valence-corrected chi connectivity index (χ4v) is 3.18. The molecular formula is C19H21NO3S. The molecule has 0 aliphatic rings. The first-order chi connectivity index (χ1) is 11.5. The Labute approximate surface area is 146 Å². The normalized spacial score (nSPS) is 13.1. The Kier molecular flexibility index (Phi) is 6.44. The van der Waals surface area contributed by atoms with Gasteiger partial charge >= 0.3 is 5.97 Å². The van der Waals surface area contributed by atoms with Gasteiger partial charge in [-0.25, -0.2) is 0 Å². The fourth-order valence-electron chi connectivity index (χ4n) is 2.21. The second-order valence-electron chi connectivity index (χ2n) is 5.50. The maximum atomic E-state index is 12.4. The summed E-state index contributed by atoms with van der Waals surface area (Å²) < 4.78 is 0. The molecule has 126 valence electrons. The van der Waals surface area contributed by atoms with Gasteiger partial charge in [0.15, 0.2) is 0 Å². The summed E-state index contributed by atoms with van der Waals surface area (Å²) in [5.41, 5.74) is 1.39. The molecule has 0 aliphatic heterocycles. The van der Waals surface area contributed by atoms with Gasteiger partial charge in [-0.1, -0.05) is 37.3 Å². The largest absolute Gasteiger partial charge is 0.481 e. The van der Waals surface area contributed by atoms with Crippen molar-refractivity contribution >= 4 is 29.3 Å². The van der Waals surface area contributed by atoms with Crippen molar-refractivity contribution in [1.82, 2.24) is 0 Å². The van der Waals surface area contributed by atoms with Crippen molar-refractivity contribution in [1.29, 1.82) is 0 Å². The molecular weight excluding hydrogens is 322 g/mol. The Bertz CT molecular complexity index is 686. The van der Waals surface area contributed by atoms with E-state index >= 15 is 0 Å². The lowest BCUT2D eigenvalue weighted by Crippen LogP contribution is -2.24. The van der Waals surface area contributed by atoms with E-state index in [2.05, 4.69) is 5.32 Å². The molecule has 24 heavy (non-hydrogen) atoms. The van der Waals surface area contributed by atoms with E-state index in [1.165, 1.54) is 11.8 Å². The minimum absolute atomic E-state index is 0.0506. The predicted octanol–water partition coefficient (Wildman–Crippen LogP) is 4.38. The highest BCUT2D eigenvalue weighted by atomic mass is 32.2. The maximum Gasteiger partial charge on any atom is 0.310 e. The van der Waals surface area contributed by atoms with Crippen LogP contribution in [0.25, 0.3) is 0 Å². The van der Waals surface area contributed by atoms with E-state index in [1.54, 1.807) is 31.2 Å². The highest BCUT2D eigenvalue weighted by molar-refractivity contribution is 8.00. The molecule has 2 aromatic carbocycles. The molecule has 0 bridgehead atoms. The molecule has 0 heterocycles. The van der Waals surface area contributed by atoms with Crippen LogP contribution in [0, 0.1) is 0 Å². The lowest BCUT2D eigenvalue weighted by molar-refractivity contribution is -0.138. The first kappa shape index (κ1) is 18.1. The Morgan fingerprint density at radius 3 is 2.25 bits per heavy atom. The van der Waals surface area contributed by atoms with Crippen molar-refractivity contribution in [3.63, 3.8) is 0 Å². The number of carboxylic acids is 1. The van der Waals surface area contributed by atoms with Crippen molar-refractivity contribution in [3.8, 4) is 0 Å². The molecule has 2 atom stereocenters. The molecule has 2 aromatic rings. The van der Waals surface area contributed by atoms with Gasteiger partial charge in [-0.05, 0) is 43.2 Å². The SMILES string of the molecule is CCC(Sc1ccccc1)C(=O)Nc1ccc(C(C)C(=O)O)cc1. The van der Waals surface area contributed by atoms with E-state index in [-0.39, 0.29) is 11.2 Å². The number of benzene rings is 2. The molecule has 0 radical (unpaired) electrons. The number of carboxylic acid groups (broad SMARTS) is 1. The minimum Gasteiger partial charge on any atom is -0.481 e. The van der Waals surface area contributed by atoms with E-state index < -0.39 is 11.9 Å².